The van der Waals surface area contributed by atoms with Crippen LogP contribution >= 0.6 is 0 Å². The number of nitrogens with one attached hydrogen (secondary N) is 1. The molecule has 0 bridgehead atoms. The van der Waals surface area contributed by atoms with Crippen LogP contribution in [-0.2, 0) is 20.7 Å². The first-order chi connectivity index (χ1) is 12.5. The van der Waals surface area contributed by atoms with Crippen molar-refractivity contribution in [1.29, 1.82) is 0 Å². The molecule has 1 saturated carbocycles. The lowest BCUT2D eigenvalue weighted by molar-refractivity contribution is -0.148. The Labute approximate surface area is 152 Å². The Morgan fingerprint density at radius 2 is 2.00 bits per heavy atom. The number of rotatable bonds is 7. The van der Waals surface area contributed by atoms with Crippen LogP contribution in [0.4, 0.5) is 4.79 Å². The van der Waals surface area contributed by atoms with Gasteiger partial charge in [0.2, 0.25) is 0 Å². The molecule has 0 unspecified atom stereocenters. The van der Waals surface area contributed by atoms with E-state index in [0.29, 0.717) is 12.8 Å². The van der Waals surface area contributed by atoms with Crippen molar-refractivity contribution in [2.24, 2.45) is 0 Å². The summed E-state index contributed by atoms with van der Waals surface area (Å²) in [6, 6.07) is 7.20. The molecule has 140 valence electrons. The van der Waals surface area contributed by atoms with Gasteiger partial charge in [-0.2, -0.15) is 0 Å². The Bertz CT molecular complexity index is 697. The second-order valence-corrected chi connectivity index (χ2v) is 6.68. The summed E-state index contributed by atoms with van der Waals surface area (Å²) in [5.41, 5.74) is 0.365. The Morgan fingerprint density at radius 1 is 1.23 bits per heavy atom. The Balaban J connectivity index is 1.43. The third kappa shape index (κ3) is 3.81. The van der Waals surface area contributed by atoms with Crippen molar-refractivity contribution in [2.45, 2.75) is 44.6 Å². The van der Waals surface area contributed by atoms with Crippen molar-refractivity contribution in [2.75, 3.05) is 19.8 Å². The summed E-state index contributed by atoms with van der Waals surface area (Å²) in [5, 5.41) is 2.74. The third-order valence-corrected chi connectivity index (χ3v) is 4.91. The van der Waals surface area contributed by atoms with Gasteiger partial charge in [-0.1, -0.05) is 31.9 Å². The van der Waals surface area contributed by atoms with Gasteiger partial charge in [0.25, 0.3) is 5.91 Å². The third-order valence-electron chi connectivity index (χ3n) is 4.91. The van der Waals surface area contributed by atoms with Gasteiger partial charge in [-0.3, -0.25) is 14.5 Å². The zero-order valence-electron chi connectivity index (χ0n) is 15.0. The number of imide groups is 1. The van der Waals surface area contributed by atoms with Crippen LogP contribution < -0.4 is 10.1 Å². The number of hydrogen-bond acceptors (Lipinski definition) is 5. The largest absolute Gasteiger partial charge is 0.490 e. The van der Waals surface area contributed by atoms with Gasteiger partial charge in [0.15, 0.2) is 0 Å². The van der Waals surface area contributed by atoms with E-state index in [1.54, 1.807) is 0 Å². The van der Waals surface area contributed by atoms with Gasteiger partial charge in [0, 0.05) is 0 Å². The van der Waals surface area contributed by atoms with Crippen molar-refractivity contribution in [3.8, 4) is 5.75 Å². The SMILES string of the molecule is CCc1cccc(OCCOC(=O)CN2C(=O)NC3(CCCC3)C2=O)c1. The van der Waals surface area contributed by atoms with Gasteiger partial charge in [-0.25, -0.2) is 4.79 Å². The van der Waals surface area contributed by atoms with E-state index in [4.69, 9.17) is 9.47 Å². The maximum Gasteiger partial charge on any atom is 0.326 e. The van der Waals surface area contributed by atoms with Crippen LogP contribution in [0.15, 0.2) is 24.3 Å². The molecule has 0 aromatic heterocycles. The van der Waals surface area contributed by atoms with E-state index in [1.807, 2.05) is 24.3 Å². The molecular weight excluding hydrogens is 336 g/mol. The summed E-state index contributed by atoms with van der Waals surface area (Å²) in [4.78, 5) is 37.4. The molecule has 2 aliphatic rings. The molecule has 1 N–H and O–H groups in total. The van der Waals surface area contributed by atoms with Crippen LogP contribution in [-0.4, -0.2) is 48.1 Å². The molecule has 1 aliphatic heterocycles. The standard InChI is InChI=1S/C19H24N2O5/c1-2-14-6-5-7-15(12-14)25-10-11-26-16(22)13-21-17(23)19(20-18(21)24)8-3-4-9-19/h5-7,12H,2-4,8-11,13H2,1H3,(H,20,24). The number of carbonyl (C=O) groups is 3. The molecule has 2 fully saturated rings. The Hall–Kier alpha value is -2.57. The average molecular weight is 360 g/mol. The van der Waals surface area contributed by atoms with Crippen LogP contribution in [0.1, 0.15) is 38.2 Å². The number of ether oxygens (including phenoxy) is 2. The fourth-order valence-electron chi connectivity index (χ4n) is 3.48. The van der Waals surface area contributed by atoms with Crippen LogP contribution in [0.2, 0.25) is 0 Å². The first-order valence-corrected chi connectivity index (χ1v) is 9.05. The van der Waals surface area contributed by atoms with Crippen LogP contribution in [0, 0.1) is 0 Å². The molecule has 0 radical (unpaired) electrons. The average Bonchev–Trinajstić information content (AvgIpc) is 3.20. The highest BCUT2D eigenvalue weighted by Gasteiger charge is 2.52. The maximum absolute atomic E-state index is 12.5. The van der Waals surface area contributed by atoms with Crippen molar-refractivity contribution >= 4 is 17.9 Å². The summed E-state index contributed by atoms with van der Waals surface area (Å²) in [7, 11) is 0. The molecule has 1 heterocycles. The van der Waals surface area contributed by atoms with E-state index in [1.165, 1.54) is 5.56 Å². The fraction of sp³-hybridized carbons (Fsp3) is 0.526. The molecule has 3 rings (SSSR count). The van der Waals surface area contributed by atoms with E-state index in [9.17, 15) is 14.4 Å². The molecule has 1 saturated heterocycles. The van der Waals surface area contributed by atoms with Gasteiger partial charge in [0.1, 0.15) is 31.0 Å². The minimum absolute atomic E-state index is 0.0595. The minimum Gasteiger partial charge on any atom is -0.490 e. The van der Waals surface area contributed by atoms with Crippen molar-refractivity contribution < 1.29 is 23.9 Å². The molecule has 0 atom stereocenters. The Kier molecular flexibility index (Phi) is 5.44. The van der Waals surface area contributed by atoms with Crippen molar-refractivity contribution in [3.63, 3.8) is 0 Å². The molecule has 1 aromatic rings. The highest BCUT2D eigenvalue weighted by molar-refractivity contribution is 6.08. The second kappa shape index (κ2) is 7.76. The van der Waals surface area contributed by atoms with E-state index < -0.39 is 17.5 Å². The van der Waals surface area contributed by atoms with Crippen LogP contribution in [0.5, 0.6) is 5.75 Å². The molecule has 7 heteroatoms. The van der Waals surface area contributed by atoms with E-state index >= 15 is 0 Å². The van der Waals surface area contributed by atoms with Gasteiger partial charge in [-0.05, 0) is 37.0 Å². The summed E-state index contributed by atoms with van der Waals surface area (Å²) >= 11 is 0. The molecule has 1 aliphatic carbocycles. The van der Waals surface area contributed by atoms with E-state index in [2.05, 4.69) is 12.2 Å². The number of benzene rings is 1. The lowest BCUT2D eigenvalue weighted by Crippen LogP contribution is -2.44. The smallest absolute Gasteiger partial charge is 0.326 e. The number of nitrogens with zero attached hydrogens (tertiary/aromatic N) is 1. The molecule has 26 heavy (non-hydrogen) atoms. The predicted molar refractivity (Wildman–Crippen MR) is 93.7 cm³/mol. The minimum atomic E-state index is -0.801. The number of carbonyl (C=O) groups excluding carboxylic acids is 3. The fourth-order valence-corrected chi connectivity index (χ4v) is 3.48. The summed E-state index contributed by atoms with van der Waals surface area (Å²) in [5.74, 6) is -0.211. The maximum atomic E-state index is 12.5. The van der Waals surface area contributed by atoms with Gasteiger partial charge in [-0.15, -0.1) is 0 Å². The number of amides is 3. The monoisotopic (exact) mass is 360 g/mol. The van der Waals surface area contributed by atoms with Crippen LogP contribution in [0.25, 0.3) is 0 Å². The first-order valence-electron chi connectivity index (χ1n) is 9.05. The number of aryl methyl sites for hydroxylation is 1. The molecule has 3 amide bonds. The highest BCUT2D eigenvalue weighted by atomic mass is 16.6. The van der Waals surface area contributed by atoms with Gasteiger partial charge < -0.3 is 14.8 Å². The normalized spacial score (nSPS) is 18.3. The number of hydrogen-bond donors (Lipinski definition) is 1. The highest BCUT2D eigenvalue weighted by Crippen LogP contribution is 2.34. The van der Waals surface area contributed by atoms with Gasteiger partial charge in [0.05, 0.1) is 0 Å². The lowest BCUT2D eigenvalue weighted by Gasteiger charge is -2.19. The zero-order chi connectivity index (χ0) is 18.6. The topological polar surface area (TPSA) is 84.9 Å². The molecular formula is C19H24N2O5. The van der Waals surface area contributed by atoms with E-state index in [0.717, 1.165) is 29.9 Å². The zero-order valence-corrected chi connectivity index (χ0v) is 15.0. The number of urea groups is 1. The first kappa shape index (κ1) is 18.2. The Morgan fingerprint density at radius 3 is 2.73 bits per heavy atom. The number of esters is 1. The quantitative estimate of drug-likeness (QED) is 0.457. The van der Waals surface area contributed by atoms with Crippen molar-refractivity contribution in [1.82, 2.24) is 10.2 Å². The summed E-state index contributed by atoms with van der Waals surface area (Å²) in [6.07, 6.45) is 3.99. The lowest BCUT2D eigenvalue weighted by atomic mass is 9.98. The summed E-state index contributed by atoms with van der Waals surface area (Å²) in [6.45, 7) is 1.97. The predicted octanol–water partition coefficient (Wildman–Crippen LogP) is 2.04. The molecule has 7 nitrogen and oxygen atoms in total. The van der Waals surface area contributed by atoms with Crippen LogP contribution in [0.3, 0.4) is 0 Å². The van der Waals surface area contributed by atoms with Gasteiger partial charge >= 0.3 is 12.0 Å². The summed E-state index contributed by atoms with van der Waals surface area (Å²) < 4.78 is 10.6. The van der Waals surface area contributed by atoms with Crippen molar-refractivity contribution in [3.05, 3.63) is 29.8 Å². The molecule has 1 aromatic carbocycles. The molecule has 1 spiro atoms. The van der Waals surface area contributed by atoms with E-state index in [-0.39, 0.29) is 25.7 Å². The second-order valence-electron chi connectivity index (χ2n) is 6.68.